The number of nitrogens with one attached hydrogen (secondary N) is 1. The maximum absolute atomic E-state index is 12.7. The van der Waals surface area contributed by atoms with Crippen molar-refractivity contribution in [3.8, 4) is 11.5 Å². The van der Waals surface area contributed by atoms with E-state index < -0.39 is 5.92 Å². The summed E-state index contributed by atoms with van der Waals surface area (Å²) < 4.78 is 11.2. The largest absolute Gasteiger partial charge is 0.490 e. The van der Waals surface area contributed by atoms with Crippen molar-refractivity contribution in [3.05, 3.63) is 47.2 Å². The molecule has 2 aromatic rings. The van der Waals surface area contributed by atoms with E-state index in [0.717, 1.165) is 12.1 Å². The molecule has 1 aromatic heterocycles. The summed E-state index contributed by atoms with van der Waals surface area (Å²) in [7, 11) is 0. The van der Waals surface area contributed by atoms with E-state index in [-0.39, 0.29) is 18.2 Å². The van der Waals surface area contributed by atoms with Crippen LogP contribution in [0.25, 0.3) is 0 Å². The summed E-state index contributed by atoms with van der Waals surface area (Å²) in [6.45, 7) is 1.85. The Balaban J connectivity index is 1.43. The van der Waals surface area contributed by atoms with Crippen molar-refractivity contribution in [3.63, 3.8) is 0 Å². The van der Waals surface area contributed by atoms with Gasteiger partial charge in [0.2, 0.25) is 11.8 Å². The minimum Gasteiger partial charge on any atom is -0.490 e. The lowest BCUT2D eigenvalue weighted by molar-refractivity contribution is -0.128. The van der Waals surface area contributed by atoms with Crippen LogP contribution in [0.1, 0.15) is 18.5 Å². The molecule has 4 rings (SSSR count). The minimum absolute atomic E-state index is 0.0597. The van der Waals surface area contributed by atoms with Crippen LogP contribution in [0, 0.1) is 5.92 Å². The topological polar surface area (TPSA) is 80.8 Å². The van der Waals surface area contributed by atoms with Gasteiger partial charge in [-0.2, -0.15) is 0 Å². The average Bonchev–Trinajstić information content (AvgIpc) is 2.90. The molecule has 1 atom stereocenters. The van der Waals surface area contributed by atoms with Crippen LogP contribution in [0.15, 0.2) is 36.5 Å². The fraction of sp³-hybridized carbons (Fsp3) is 0.350. The second-order valence-electron chi connectivity index (χ2n) is 6.81. The molecule has 2 amide bonds. The molecule has 0 radical (unpaired) electrons. The van der Waals surface area contributed by atoms with Gasteiger partial charge in [0.1, 0.15) is 0 Å². The number of fused-ring (bicyclic) bond motifs is 1. The summed E-state index contributed by atoms with van der Waals surface area (Å²) >= 11 is 6.29. The van der Waals surface area contributed by atoms with Crippen LogP contribution in [0.2, 0.25) is 5.02 Å². The number of likely N-dealkylation sites (tertiary alicyclic amines) is 1. The number of carbonyl (C=O) groups excluding carboxylic acids is 2. The molecule has 0 bridgehead atoms. The molecule has 1 fully saturated rings. The number of hydrogen-bond donors (Lipinski definition) is 1. The zero-order valence-electron chi connectivity index (χ0n) is 15.2. The maximum Gasteiger partial charge on any atom is 0.229 e. The maximum atomic E-state index is 12.7. The Hall–Kier alpha value is -2.80. The van der Waals surface area contributed by atoms with Crippen LogP contribution in [0.5, 0.6) is 11.5 Å². The summed E-state index contributed by atoms with van der Waals surface area (Å²) in [4.78, 5) is 30.9. The Labute approximate surface area is 167 Å². The average molecular weight is 402 g/mol. The third kappa shape index (κ3) is 4.04. The number of rotatable bonds is 4. The lowest BCUT2D eigenvalue weighted by Gasteiger charge is -2.17. The van der Waals surface area contributed by atoms with E-state index in [1.54, 1.807) is 23.2 Å². The quantitative estimate of drug-likeness (QED) is 0.852. The number of aromatic nitrogens is 1. The highest BCUT2D eigenvalue weighted by Crippen LogP contribution is 2.38. The first-order chi connectivity index (χ1) is 13.6. The van der Waals surface area contributed by atoms with Gasteiger partial charge in [-0.1, -0.05) is 17.7 Å². The van der Waals surface area contributed by atoms with Crippen molar-refractivity contribution in [2.45, 2.75) is 19.4 Å². The van der Waals surface area contributed by atoms with Gasteiger partial charge in [-0.15, -0.1) is 0 Å². The normalized spacial score (nSPS) is 18.7. The standard InChI is InChI=1S/C20H20ClN3O4/c21-15-9-17-18(28-7-3-6-27-17)10-16(15)23-20(26)13-8-19(25)24(11-13)12-14-4-1-2-5-22-14/h1-2,4-5,9-10,13H,3,6-8,11-12H2,(H,23,26). The Morgan fingerprint density at radius 3 is 2.79 bits per heavy atom. The third-order valence-corrected chi connectivity index (χ3v) is 5.07. The van der Waals surface area contributed by atoms with Crippen LogP contribution >= 0.6 is 11.6 Å². The monoisotopic (exact) mass is 401 g/mol. The summed E-state index contributed by atoms with van der Waals surface area (Å²) in [5.74, 6) is 0.377. The lowest BCUT2D eigenvalue weighted by atomic mass is 10.1. The predicted octanol–water partition coefficient (Wildman–Crippen LogP) is 2.88. The van der Waals surface area contributed by atoms with Crippen LogP contribution in [0.3, 0.4) is 0 Å². The number of amides is 2. The summed E-state index contributed by atoms with van der Waals surface area (Å²) in [5.41, 5.74) is 1.24. The fourth-order valence-electron chi connectivity index (χ4n) is 3.30. The molecule has 1 N–H and O–H groups in total. The van der Waals surface area contributed by atoms with E-state index in [0.29, 0.717) is 48.5 Å². The zero-order valence-corrected chi connectivity index (χ0v) is 15.9. The predicted molar refractivity (Wildman–Crippen MR) is 103 cm³/mol. The molecule has 146 valence electrons. The number of pyridine rings is 1. The second kappa shape index (κ2) is 8.06. The van der Waals surface area contributed by atoms with E-state index in [1.807, 2.05) is 18.2 Å². The van der Waals surface area contributed by atoms with E-state index in [4.69, 9.17) is 21.1 Å². The van der Waals surface area contributed by atoms with Gasteiger partial charge in [-0.05, 0) is 12.1 Å². The first-order valence-electron chi connectivity index (χ1n) is 9.18. The lowest BCUT2D eigenvalue weighted by Crippen LogP contribution is -2.28. The summed E-state index contributed by atoms with van der Waals surface area (Å²) in [5, 5.41) is 3.19. The van der Waals surface area contributed by atoms with Gasteiger partial charge in [0.05, 0.1) is 42.1 Å². The summed E-state index contributed by atoms with van der Waals surface area (Å²) in [6, 6.07) is 8.87. The van der Waals surface area contributed by atoms with Gasteiger partial charge in [-0.3, -0.25) is 14.6 Å². The molecule has 0 aliphatic carbocycles. The van der Waals surface area contributed by atoms with Crippen LogP contribution < -0.4 is 14.8 Å². The van der Waals surface area contributed by atoms with Crippen molar-refractivity contribution in [1.82, 2.24) is 9.88 Å². The van der Waals surface area contributed by atoms with E-state index in [1.165, 1.54) is 0 Å². The first kappa shape index (κ1) is 18.6. The van der Waals surface area contributed by atoms with Crippen LogP contribution in [0.4, 0.5) is 5.69 Å². The number of hydrogen-bond acceptors (Lipinski definition) is 5. The smallest absolute Gasteiger partial charge is 0.229 e. The van der Waals surface area contributed by atoms with Crippen molar-refractivity contribution in [2.24, 2.45) is 5.92 Å². The van der Waals surface area contributed by atoms with Gasteiger partial charge in [0, 0.05) is 37.7 Å². The summed E-state index contributed by atoms with van der Waals surface area (Å²) in [6.07, 6.45) is 2.64. The molecule has 1 saturated heterocycles. The van der Waals surface area contributed by atoms with Crippen LogP contribution in [-0.2, 0) is 16.1 Å². The zero-order chi connectivity index (χ0) is 19.5. The molecular formula is C20H20ClN3O4. The van der Waals surface area contributed by atoms with Crippen molar-refractivity contribution >= 4 is 29.1 Å². The number of carbonyl (C=O) groups is 2. The minimum atomic E-state index is -0.441. The highest BCUT2D eigenvalue weighted by Gasteiger charge is 2.34. The first-order valence-corrected chi connectivity index (χ1v) is 9.55. The molecule has 2 aliphatic heterocycles. The van der Waals surface area contributed by atoms with E-state index >= 15 is 0 Å². The van der Waals surface area contributed by atoms with Crippen molar-refractivity contribution in [1.29, 1.82) is 0 Å². The Kier molecular flexibility index (Phi) is 5.34. The number of ether oxygens (including phenoxy) is 2. The van der Waals surface area contributed by atoms with Crippen molar-refractivity contribution < 1.29 is 19.1 Å². The molecule has 0 saturated carbocycles. The van der Waals surface area contributed by atoms with Crippen LogP contribution in [-0.4, -0.2) is 41.5 Å². The van der Waals surface area contributed by atoms with Gasteiger partial charge in [-0.25, -0.2) is 0 Å². The Bertz CT molecular complexity index is 891. The number of halogens is 1. The molecule has 28 heavy (non-hydrogen) atoms. The molecule has 1 aromatic carbocycles. The Morgan fingerprint density at radius 2 is 2.04 bits per heavy atom. The van der Waals surface area contributed by atoms with Gasteiger partial charge < -0.3 is 19.7 Å². The number of anilines is 1. The SMILES string of the molecule is O=C(Nc1cc2c(cc1Cl)OCCCO2)C1CC(=O)N(Cc2ccccn2)C1. The number of benzene rings is 1. The highest BCUT2D eigenvalue weighted by molar-refractivity contribution is 6.34. The van der Waals surface area contributed by atoms with Crippen molar-refractivity contribution in [2.75, 3.05) is 25.1 Å². The van der Waals surface area contributed by atoms with E-state index in [9.17, 15) is 9.59 Å². The highest BCUT2D eigenvalue weighted by atomic mass is 35.5. The molecule has 7 nitrogen and oxygen atoms in total. The molecule has 1 unspecified atom stereocenters. The fourth-order valence-corrected chi connectivity index (χ4v) is 3.50. The van der Waals surface area contributed by atoms with Gasteiger partial charge in [0.25, 0.3) is 0 Å². The van der Waals surface area contributed by atoms with Gasteiger partial charge in [0.15, 0.2) is 11.5 Å². The Morgan fingerprint density at radius 1 is 1.25 bits per heavy atom. The molecule has 2 aliphatic rings. The molecule has 8 heteroatoms. The third-order valence-electron chi connectivity index (χ3n) is 4.76. The number of nitrogens with zero attached hydrogens (tertiary/aromatic N) is 2. The van der Waals surface area contributed by atoms with Gasteiger partial charge >= 0.3 is 0 Å². The van der Waals surface area contributed by atoms with E-state index in [2.05, 4.69) is 10.3 Å². The molecule has 3 heterocycles. The molecule has 0 spiro atoms. The second-order valence-corrected chi connectivity index (χ2v) is 7.22. The molecular weight excluding hydrogens is 382 g/mol.